The minimum atomic E-state index is 0.171. The molecule has 0 saturated carbocycles. The highest BCUT2D eigenvalue weighted by molar-refractivity contribution is 7.99. The van der Waals surface area contributed by atoms with Crippen LogP contribution in [0.15, 0.2) is 23.6 Å². The van der Waals surface area contributed by atoms with Crippen LogP contribution in [-0.2, 0) is 4.79 Å². The number of amides is 1. The van der Waals surface area contributed by atoms with E-state index in [0.29, 0.717) is 6.42 Å². The Morgan fingerprint density at radius 3 is 2.67 bits per heavy atom. The molecule has 82 valence electrons. The summed E-state index contributed by atoms with van der Waals surface area (Å²) in [4.78, 5) is 21.0. The first kappa shape index (κ1) is 12.0. The summed E-state index contributed by atoms with van der Waals surface area (Å²) in [7, 11) is 3.55. The lowest BCUT2D eigenvalue weighted by atomic mass is 10.3. The molecule has 0 aliphatic carbocycles. The van der Waals surface area contributed by atoms with Gasteiger partial charge in [0.15, 0.2) is 5.16 Å². The standard InChI is InChI=1S/C10H15N3OS/c1-13(2)9(14)5-3-8-15-10-11-6-4-7-12-10/h4,6-7H,3,5,8H2,1-2H3. The van der Waals surface area contributed by atoms with Crippen molar-refractivity contribution in [2.75, 3.05) is 19.8 Å². The highest BCUT2D eigenvalue weighted by Crippen LogP contribution is 2.13. The molecule has 1 heterocycles. The molecule has 0 spiro atoms. The maximum atomic E-state index is 11.2. The van der Waals surface area contributed by atoms with E-state index in [9.17, 15) is 4.79 Å². The highest BCUT2D eigenvalue weighted by Gasteiger charge is 2.03. The van der Waals surface area contributed by atoms with Gasteiger partial charge >= 0.3 is 0 Å². The van der Waals surface area contributed by atoms with Gasteiger partial charge in [-0.2, -0.15) is 0 Å². The summed E-state index contributed by atoms with van der Waals surface area (Å²) in [5.74, 6) is 1.05. The van der Waals surface area contributed by atoms with Gasteiger partial charge in [-0.05, 0) is 12.5 Å². The first-order valence-corrected chi connectivity index (χ1v) is 5.78. The Labute approximate surface area is 94.1 Å². The molecule has 0 saturated heterocycles. The Balaban J connectivity index is 2.15. The largest absolute Gasteiger partial charge is 0.349 e. The smallest absolute Gasteiger partial charge is 0.222 e. The van der Waals surface area contributed by atoms with Crippen molar-refractivity contribution in [1.82, 2.24) is 14.9 Å². The van der Waals surface area contributed by atoms with Gasteiger partial charge in [-0.1, -0.05) is 11.8 Å². The van der Waals surface area contributed by atoms with Crippen LogP contribution in [0, 0.1) is 0 Å². The number of hydrogen-bond acceptors (Lipinski definition) is 4. The van der Waals surface area contributed by atoms with E-state index >= 15 is 0 Å². The van der Waals surface area contributed by atoms with Gasteiger partial charge in [-0.3, -0.25) is 4.79 Å². The number of rotatable bonds is 5. The number of carbonyl (C=O) groups excluding carboxylic acids is 1. The van der Waals surface area contributed by atoms with Crippen molar-refractivity contribution >= 4 is 17.7 Å². The van der Waals surface area contributed by atoms with Crippen LogP contribution in [0.2, 0.25) is 0 Å². The van der Waals surface area contributed by atoms with Crippen molar-refractivity contribution < 1.29 is 4.79 Å². The Kier molecular flexibility index (Phi) is 5.10. The summed E-state index contributed by atoms with van der Waals surface area (Å²) in [5.41, 5.74) is 0. The van der Waals surface area contributed by atoms with E-state index < -0.39 is 0 Å². The predicted octanol–water partition coefficient (Wildman–Crippen LogP) is 1.44. The van der Waals surface area contributed by atoms with Gasteiger partial charge in [0, 0.05) is 38.7 Å². The lowest BCUT2D eigenvalue weighted by Crippen LogP contribution is -2.21. The summed E-state index contributed by atoms with van der Waals surface area (Å²) in [6.45, 7) is 0. The van der Waals surface area contributed by atoms with Crippen molar-refractivity contribution in [3.63, 3.8) is 0 Å². The van der Waals surface area contributed by atoms with Gasteiger partial charge in [0.2, 0.25) is 5.91 Å². The molecule has 15 heavy (non-hydrogen) atoms. The summed E-state index contributed by atoms with van der Waals surface area (Å²) in [6, 6.07) is 1.79. The summed E-state index contributed by atoms with van der Waals surface area (Å²) in [5, 5.41) is 0.773. The monoisotopic (exact) mass is 225 g/mol. The van der Waals surface area contributed by atoms with Crippen molar-refractivity contribution in [3.05, 3.63) is 18.5 Å². The molecule has 0 N–H and O–H groups in total. The lowest BCUT2D eigenvalue weighted by molar-refractivity contribution is -0.128. The molecule has 0 atom stereocenters. The van der Waals surface area contributed by atoms with Crippen molar-refractivity contribution in [1.29, 1.82) is 0 Å². The quantitative estimate of drug-likeness (QED) is 0.432. The maximum Gasteiger partial charge on any atom is 0.222 e. The zero-order chi connectivity index (χ0) is 11.1. The van der Waals surface area contributed by atoms with Crippen LogP contribution in [0.4, 0.5) is 0 Å². The molecule has 1 aromatic heterocycles. The normalized spacial score (nSPS) is 10.0. The maximum absolute atomic E-state index is 11.2. The third kappa shape index (κ3) is 4.78. The average Bonchev–Trinajstić information content (AvgIpc) is 2.25. The zero-order valence-corrected chi connectivity index (χ0v) is 9.83. The zero-order valence-electron chi connectivity index (χ0n) is 9.01. The van der Waals surface area contributed by atoms with E-state index in [4.69, 9.17) is 0 Å². The van der Waals surface area contributed by atoms with Crippen LogP contribution >= 0.6 is 11.8 Å². The molecular formula is C10H15N3OS. The molecule has 4 nitrogen and oxygen atoms in total. The molecule has 1 aromatic rings. The number of aromatic nitrogens is 2. The number of nitrogens with zero attached hydrogens (tertiary/aromatic N) is 3. The average molecular weight is 225 g/mol. The molecule has 0 fully saturated rings. The van der Waals surface area contributed by atoms with Crippen LogP contribution < -0.4 is 0 Å². The molecule has 0 aliphatic heterocycles. The Morgan fingerprint density at radius 2 is 2.07 bits per heavy atom. The topological polar surface area (TPSA) is 46.1 Å². The van der Waals surface area contributed by atoms with Gasteiger partial charge in [0.05, 0.1) is 0 Å². The Hall–Kier alpha value is -1.10. The fourth-order valence-corrected chi connectivity index (χ4v) is 1.71. The van der Waals surface area contributed by atoms with Crippen LogP contribution in [0.1, 0.15) is 12.8 Å². The van der Waals surface area contributed by atoms with Gasteiger partial charge in [-0.25, -0.2) is 9.97 Å². The molecule has 0 unspecified atom stereocenters. The molecular weight excluding hydrogens is 210 g/mol. The fourth-order valence-electron chi connectivity index (χ4n) is 0.970. The van der Waals surface area contributed by atoms with Crippen LogP contribution in [0.25, 0.3) is 0 Å². The highest BCUT2D eigenvalue weighted by atomic mass is 32.2. The van der Waals surface area contributed by atoms with Gasteiger partial charge in [0.25, 0.3) is 0 Å². The van der Waals surface area contributed by atoms with E-state index in [1.807, 2.05) is 0 Å². The number of carbonyl (C=O) groups is 1. The minimum absolute atomic E-state index is 0.171. The summed E-state index contributed by atoms with van der Waals surface area (Å²) < 4.78 is 0. The van der Waals surface area contributed by atoms with E-state index in [2.05, 4.69) is 9.97 Å². The van der Waals surface area contributed by atoms with Gasteiger partial charge < -0.3 is 4.90 Å². The van der Waals surface area contributed by atoms with E-state index in [0.717, 1.165) is 17.3 Å². The molecule has 1 amide bonds. The van der Waals surface area contributed by atoms with Gasteiger partial charge in [-0.15, -0.1) is 0 Å². The van der Waals surface area contributed by atoms with Gasteiger partial charge in [0.1, 0.15) is 0 Å². The van der Waals surface area contributed by atoms with E-state index in [-0.39, 0.29) is 5.91 Å². The van der Waals surface area contributed by atoms with Crippen LogP contribution in [-0.4, -0.2) is 40.6 Å². The molecule has 0 aliphatic rings. The molecule has 0 bridgehead atoms. The van der Waals surface area contributed by atoms with Crippen molar-refractivity contribution in [3.8, 4) is 0 Å². The summed E-state index contributed by atoms with van der Waals surface area (Å²) >= 11 is 1.58. The van der Waals surface area contributed by atoms with Crippen LogP contribution in [0.3, 0.4) is 0 Å². The second kappa shape index (κ2) is 6.40. The Bertz CT molecular complexity index is 303. The second-order valence-electron chi connectivity index (χ2n) is 3.27. The van der Waals surface area contributed by atoms with E-state index in [1.165, 1.54) is 0 Å². The SMILES string of the molecule is CN(C)C(=O)CCCSc1ncccn1. The number of thioether (sulfide) groups is 1. The predicted molar refractivity (Wildman–Crippen MR) is 60.7 cm³/mol. The van der Waals surface area contributed by atoms with Crippen LogP contribution in [0.5, 0.6) is 0 Å². The first-order chi connectivity index (χ1) is 7.20. The molecule has 5 heteroatoms. The molecule has 1 rings (SSSR count). The third-order valence-electron chi connectivity index (χ3n) is 1.81. The molecule has 0 aromatic carbocycles. The number of hydrogen-bond donors (Lipinski definition) is 0. The Morgan fingerprint density at radius 1 is 1.40 bits per heavy atom. The van der Waals surface area contributed by atoms with E-state index in [1.54, 1.807) is 49.2 Å². The lowest BCUT2D eigenvalue weighted by Gasteiger charge is -2.08. The minimum Gasteiger partial charge on any atom is -0.349 e. The fraction of sp³-hybridized carbons (Fsp3) is 0.500. The van der Waals surface area contributed by atoms with Crippen molar-refractivity contribution in [2.24, 2.45) is 0 Å². The first-order valence-electron chi connectivity index (χ1n) is 4.80. The summed E-state index contributed by atoms with van der Waals surface area (Å²) in [6.07, 6.45) is 4.90. The molecule has 0 radical (unpaired) electrons. The third-order valence-corrected chi connectivity index (χ3v) is 2.77. The second-order valence-corrected chi connectivity index (χ2v) is 4.33. The van der Waals surface area contributed by atoms with Crippen molar-refractivity contribution in [2.45, 2.75) is 18.0 Å².